The summed E-state index contributed by atoms with van der Waals surface area (Å²) in [7, 11) is 0. The molecule has 156 valence electrons. The van der Waals surface area contributed by atoms with E-state index in [4.69, 9.17) is 4.74 Å². The molecule has 2 aromatic carbocycles. The number of pyridine rings is 1. The molecule has 0 fully saturated rings. The first-order valence-electron chi connectivity index (χ1n) is 10.5. The van der Waals surface area contributed by atoms with Crippen molar-refractivity contribution < 1.29 is 9.53 Å². The summed E-state index contributed by atoms with van der Waals surface area (Å²) in [5, 5.41) is 3.05. The summed E-state index contributed by atoms with van der Waals surface area (Å²) in [5.74, 6) is 0.851. The number of benzene rings is 2. The number of hydrogen-bond acceptors (Lipinski definition) is 3. The number of amides is 1. The molecule has 4 heteroatoms. The van der Waals surface area contributed by atoms with Gasteiger partial charge >= 0.3 is 0 Å². The number of rotatable bonds is 9. The average Bonchev–Trinajstić information content (AvgIpc) is 2.74. The zero-order valence-electron chi connectivity index (χ0n) is 18.0. The lowest BCUT2D eigenvalue weighted by Crippen LogP contribution is -2.27. The topological polar surface area (TPSA) is 51.2 Å². The molecule has 0 radical (unpaired) electrons. The highest BCUT2D eigenvalue weighted by molar-refractivity contribution is 5.92. The van der Waals surface area contributed by atoms with Crippen molar-refractivity contribution >= 4 is 5.91 Å². The first-order valence-corrected chi connectivity index (χ1v) is 10.5. The summed E-state index contributed by atoms with van der Waals surface area (Å²) in [4.78, 5) is 17.4. The lowest BCUT2D eigenvalue weighted by molar-refractivity contribution is 0.0933. The quantitative estimate of drug-likeness (QED) is 0.508. The molecule has 1 unspecified atom stereocenters. The van der Waals surface area contributed by atoms with Gasteiger partial charge in [0.05, 0.1) is 12.6 Å². The first-order chi connectivity index (χ1) is 14.5. The van der Waals surface area contributed by atoms with Gasteiger partial charge in [-0.25, -0.2) is 4.98 Å². The normalized spacial score (nSPS) is 11.9. The molecule has 0 aliphatic heterocycles. The maximum atomic E-state index is 12.9. The average molecular weight is 403 g/mol. The van der Waals surface area contributed by atoms with Crippen molar-refractivity contribution in [2.45, 2.75) is 39.7 Å². The van der Waals surface area contributed by atoms with Crippen molar-refractivity contribution in [3.63, 3.8) is 0 Å². The number of carbonyl (C=O) groups is 1. The van der Waals surface area contributed by atoms with E-state index in [9.17, 15) is 4.79 Å². The Morgan fingerprint density at radius 2 is 1.60 bits per heavy atom. The molecule has 4 nitrogen and oxygen atoms in total. The van der Waals surface area contributed by atoms with Crippen molar-refractivity contribution in [2.24, 2.45) is 5.92 Å². The van der Waals surface area contributed by atoms with Crippen LogP contribution in [-0.2, 0) is 6.42 Å². The third-order valence-electron chi connectivity index (χ3n) is 4.94. The maximum absolute atomic E-state index is 12.9. The van der Waals surface area contributed by atoms with E-state index >= 15 is 0 Å². The van der Waals surface area contributed by atoms with Gasteiger partial charge in [-0.2, -0.15) is 0 Å². The van der Waals surface area contributed by atoms with Crippen LogP contribution in [0.4, 0.5) is 0 Å². The summed E-state index contributed by atoms with van der Waals surface area (Å²) in [6, 6.07) is 23.8. The van der Waals surface area contributed by atoms with Crippen LogP contribution in [0.3, 0.4) is 0 Å². The van der Waals surface area contributed by atoms with E-state index in [1.54, 1.807) is 0 Å². The van der Waals surface area contributed by atoms with E-state index in [1.165, 1.54) is 5.56 Å². The molecule has 0 saturated heterocycles. The van der Waals surface area contributed by atoms with Gasteiger partial charge < -0.3 is 10.1 Å². The van der Waals surface area contributed by atoms with Gasteiger partial charge in [-0.15, -0.1) is 0 Å². The van der Waals surface area contributed by atoms with E-state index in [1.807, 2.05) is 67.6 Å². The second-order valence-electron chi connectivity index (χ2n) is 8.00. The zero-order chi connectivity index (χ0) is 21.3. The summed E-state index contributed by atoms with van der Waals surface area (Å²) in [6.45, 7) is 6.88. The third kappa shape index (κ3) is 6.45. The highest BCUT2D eigenvalue weighted by Crippen LogP contribution is 2.19. The van der Waals surface area contributed by atoms with Crippen LogP contribution in [0.5, 0.6) is 5.88 Å². The van der Waals surface area contributed by atoms with Crippen LogP contribution in [-0.4, -0.2) is 17.5 Å². The molecule has 0 aliphatic carbocycles. The molecule has 1 heterocycles. The fourth-order valence-corrected chi connectivity index (χ4v) is 3.18. The monoisotopic (exact) mass is 402 g/mol. The standard InChI is InChI=1S/C26H30N2O2/c1-19(2)14-15-30-25-18-22(16-21-10-6-4-7-11-21)17-24(28-25)26(29)27-20(3)23-12-8-5-9-13-23/h4-13,17-20H,14-16H2,1-3H3,(H,27,29). The first kappa shape index (κ1) is 21.6. The Kier molecular flexibility index (Phi) is 7.61. The molecule has 0 bridgehead atoms. The molecule has 3 rings (SSSR count). The van der Waals surface area contributed by atoms with Gasteiger partial charge in [0.1, 0.15) is 5.69 Å². The molecule has 30 heavy (non-hydrogen) atoms. The summed E-state index contributed by atoms with van der Waals surface area (Å²) in [6.07, 6.45) is 1.66. The molecule has 1 aromatic heterocycles. The second-order valence-corrected chi connectivity index (χ2v) is 8.00. The van der Waals surface area contributed by atoms with Crippen LogP contribution in [0.1, 0.15) is 60.4 Å². The molecule has 3 aromatic rings. The Hall–Kier alpha value is -3.14. The lowest BCUT2D eigenvalue weighted by Gasteiger charge is -2.15. The highest BCUT2D eigenvalue weighted by atomic mass is 16.5. The highest BCUT2D eigenvalue weighted by Gasteiger charge is 2.15. The van der Waals surface area contributed by atoms with Crippen molar-refractivity contribution in [1.29, 1.82) is 0 Å². The molecule has 0 saturated carbocycles. The smallest absolute Gasteiger partial charge is 0.270 e. The number of nitrogens with one attached hydrogen (secondary N) is 1. The molecular formula is C26H30N2O2. The van der Waals surface area contributed by atoms with E-state index in [-0.39, 0.29) is 11.9 Å². The number of carbonyl (C=O) groups excluding carboxylic acids is 1. The Morgan fingerprint density at radius 3 is 2.27 bits per heavy atom. The molecule has 1 atom stereocenters. The van der Waals surface area contributed by atoms with Gasteiger partial charge in [0, 0.05) is 6.07 Å². The van der Waals surface area contributed by atoms with Crippen LogP contribution in [0, 0.1) is 5.92 Å². The fraction of sp³-hybridized carbons (Fsp3) is 0.308. The zero-order valence-corrected chi connectivity index (χ0v) is 18.0. The Morgan fingerprint density at radius 1 is 0.933 bits per heavy atom. The van der Waals surface area contributed by atoms with Crippen molar-refractivity contribution in [3.8, 4) is 5.88 Å². The molecule has 1 amide bonds. The van der Waals surface area contributed by atoms with E-state index < -0.39 is 0 Å². The summed E-state index contributed by atoms with van der Waals surface area (Å²) in [5.41, 5.74) is 3.62. The van der Waals surface area contributed by atoms with Crippen LogP contribution in [0.15, 0.2) is 72.8 Å². The predicted molar refractivity (Wildman–Crippen MR) is 121 cm³/mol. The Bertz CT molecular complexity index is 940. The molecule has 1 N–H and O–H groups in total. The second kappa shape index (κ2) is 10.6. The van der Waals surface area contributed by atoms with Crippen molar-refractivity contribution in [3.05, 3.63) is 95.2 Å². The summed E-state index contributed by atoms with van der Waals surface area (Å²) >= 11 is 0. The van der Waals surface area contributed by atoms with Crippen molar-refractivity contribution in [1.82, 2.24) is 10.3 Å². The predicted octanol–water partition coefficient (Wildman–Crippen LogP) is 5.59. The SMILES string of the molecule is CC(C)CCOc1cc(Cc2ccccc2)cc(C(=O)NC(C)c2ccccc2)n1. The number of aromatic nitrogens is 1. The third-order valence-corrected chi connectivity index (χ3v) is 4.94. The number of ether oxygens (including phenoxy) is 1. The van der Waals surface area contributed by atoms with Gasteiger partial charge in [-0.3, -0.25) is 4.79 Å². The van der Waals surface area contributed by atoms with Gasteiger partial charge in [-0.05, 0) is 48.4 Å². The van der Waals surface area contributed by atoms with Crippen LogP contribution in [0.2, 0.25) is 0 Å². The number of nitrogens with zero attached hydrogens (tertiary/aromatic N) is 1. The van der Waals surface area contributed by atoms with Crippen LogP contribution in [0.25, 0.3) is 0 Å². The minimum absolute atomic E-state index is 0.108. The van der Waals surface area contributed by atoms with Gasteiger partial charge in [0.15, 0.2) is 0 Å². The minimum atomic E-state index is -0.199. The minimum Gasteiger partial charge on any atom is -0.478 e. The Balaban J connectivity index is 1.80. The van der Waals surface area contributed by atoms with Gasteiger partial charge in [0.2, 0.25) is 5.88 Å². The maximum Gasteiger partial charge on any atom is 0.270 e. The molecule has 0 spiro atoms. The number of hydrogen-bond donors (Lipinski definition) is 1. The van der Waals surface area contributed by atoms with E-state index in [0.717, 1.165) is 24.0 Å². The van der Waals surface area contributed by atoms with Crippen LogP contribution >= 0.6 is 0 Å². The summed E-state index contributed by atoms with van der Waals surface area (Å²) < 4.78 is 5.88. The molecular weight excluding hydrogens is 372 g/mol. The van der Waals surface area contributed by atoms with Gasteiger partial charge in [-0.1, -0.05) is 74.5 Å². The fourth-order valence-electron chi connectivity index (χ4n) is 3.18. The van der Waals surface area contributed by atoms with Crippen LogP contribution < -0.4 is 10.1 Å². The van der Waals surface area contributed by atoms with Gasteiger partial charge in [0.25, 0.3) is 5.91 Å². The van der Waals surface area contributed by atoms with E-state index in [0.29, 0.717) is 24.1 Å². The van der Waals surface area contributed by atoms with Crippen molar-refractivity contribution in [2.75, 3.05) is 6.61 Å². The lowest BCUT2D eigenvalue weighted by atomic mass is 10.0. The Labute approximate surface area is 179 Å². The molecule has 0 aliphatic rings. The van der Waals surface area contributed by atoms with E-state index in [2.05, 4.69) is 36.3 Å². The largest absolute Gasteiger partial charge is 0.478 e.